The van der Waals surface area contributed by atoms with E-state index in [1.165, 1.54) is 0 Å². The summed E-state index contributed by atoms with van der Waals surface area (Å²) in [7, 11) is 0. The van der Waals surface area contributed by atoms with Gasteiger partial charge in [-0.05, 0) is 39.7 Å². The minimum absolute atomic E-state index is 0.343. The Labute approximate surface area is 142 Å². The smallest absolute Gasteiger partial charge is 0.408 e. The lowest BCUT2D eigenvalue weighted by Crippen LogP contribution is -2.61. The van der Waals surface area contributed by atoms with E-state index in [1.54, 1.807) is 20.8 Å². The van der Waals surface area contributed by atoms with Gasteiger partial charge in [0.2, 0.25) is 0 Å². The number of alkyl carbamates (subject to hydrolysis) is 1. The van der Waals surface area contributed by atoms with Crippen molar-refractivity contribution < 1.29 is 19.4 Å². The van der Waals surface area contributed by atoms with E-state index in [0.29, 0.717) is 19.5 Å². The fourth-order valence-corrected chi connectivity index (χ4v) is 3.06. The average molecular weight is 334 g/mol. The summed E-state index contributed by atoms with van der Waals surface area (Å²) in [6.07, 6.45) is -0.353. The summed E-state index contributed by atoms with van der Waals surface area (Å²) >= 11 is 0. The van der Waals surface area contributed by atoms with Crippen LogP contribution in [-0.2, 0) is 16.1 Å². The summed E-state index contributed by atoms with van der Waals surface area (Å²) in [5, 5.41) is 12.4. The number of carbonyl (C=O) groups excluding carboxylic acids is 1. The van der Waals surface area contributed by atoms with Crippen LogP contribution in [0, 0.1) is 0 Å². The van der Waals surface area contributed by atoms with Crippen LogP contribution in [0.4, 0.5) is 4.79 Å². The van der Waals surface area contributed by atoms with Gasteiger partial charge in [0.15, 0.2) is 5.54 Å². The number of amides is 1. The highest BCUT2D eigenvalue weighted by Crippen LogP contribution is 2.31. The van der Waals surface area contributed by atoms with Crippen molar-refractivity contribution >= 4 is 12.1 Å². The fourth-order valence-electron chi connectivity index (χ4n) is 3.06. The van der Waals surface area contributed by atoms with Crippen molar-refractivity contribution in [1.29, 1.82) is 0 Å². The van der Waals surface area contributed by atoms with E-state index in [9.17, 15) is 14.7 Å². The number of aliphatic carboxylic acids is 1. The molecule has 1 aliphatic heterocycles. The monoisotopic (exact) mass is 334 g/mol. The first-order valence-electron chi connectivity index (χ1n) is 8.16. The first kappa shape index (κ1) is 18.3. The van der Waals surface area contributed by atoms with E-state index in [-0.39, 0.29) is 6.04 Å². The Balaban J connectivity index is 2.13. The van der Waals surface area contributed by atoms with E-state index in [0.717, 1.165) is 5.56 Å². The molecule has 1 aromatic carbocycles. The molecule has 2 unspecified atom stereocenters. The van der Waals surface area contributed by atoms with Gasteiger partial charge in [0, 0.05) is 19.1 Å². The first-order chi connectivity index (χ1) is 11.1. The van der Waals surface area contributed by atoms with Gasteiger partial charge in [-0.15, -0.1) is 0 Å². The second kappa shape index (κ2) is 6.81. The van der Waals surface area contributed by atoms with Crippen molar-refractivity contribution in [3.05, 3.63) is 35.9 Å². The summed E-state index contributed by atoms with van der Waals surface area (Å²) in [6, 6.07) is 9.54. The van der Waals surface area contributed by atoms with Gasteiger partial charge in [-0.1, -0.05) is 30.3 Å². The van der Waals surface area contributed by atoms with Gasteiger partial charge in [0.25, 0.3) is 0 Å². The van der Waals surface area contributed by atoms with Crippen LogP contribution < -0.4 is 5.32 Å². The molecular formula is C18H26N2O4. The van der Waals surface area contributed by atoms with Gasteiger partial charge in [-0.25, -0.2) is 9.59 Å². The number of carboxylic acids is 1. The van der Waals surface area contributed by atoms with Crippen molar-refractivity contribution in [1.82, 2.24) is 10.2 Å². The van der Waals surface area contributed by atoms with Gasteiger partial charge in [0.05, 0.1) is 0 Å². The van der Waals surface area contributed by atoms with Gasteiger partial charge < -0.3 is 15.2 Å². The molecule has 24 heavy (non-hydrogen) atoms. The lowest BCUT2D eigenvalue weighted by atomic mass is 9.91. The number of benzene rings is 1. The minimum Gasteiger partial charge on any atom is -0.479 e. The number of likely N-dealkylation sites (tertiary alicyclic amines) is 1. The topological polar surface area (TPSA) is 78.9 Å². The van der Waals surface area contributed by atoms with Crippen LogP contribution in [-0.4, -0.2) is 45.8 Å². The summed E-state index contributed by atoms with van der Waals surface area (Å²) in [5.74, 6) is -1.03. The van der Waals surface area contributed by atoms with Crippen LogP contribution >= 0.6 is 0 Å². The van der Waals surface area contributed by atoms with Crippen LogP contribution in [0.5, 0.6) is 0 Å². The van der Waals surface area contributed by atoms with Gasteiger partial charge in [-0.2, -0.15) is 0 Å². The average Bonchev–Trinajstić information content (AvgIpc) is 2.77. The molecule has 2 rings (SSSR count). The maximum absolute atomic E-state index is 12.1. The zero-order chi connectivity index (χ0) is 18.0. The molecule has 132 valence electrons. The Morgan fingerprint density at radius 2 is 1.96 bits per heavy atom. The standard InChI is InChI=1S/C18H26N2O4/c1-13-18(15(21)22,19-16(23)24-17(2,3)4)10-11-20(13)12-14-8-6-5-7-9-14/h5-9,13H,10-12H2,1-4H3,(H,19,23)(H,21,22). The number of rotatable bonds is 4. The Kier molecular flexibility index (Phi) is 5.18. The van der Waals surface area contributed by atoms with Crippen molar-refractivity contribution in [2.45, 2.75) is 57.8 Å². The molecule has 0 aromatic heterocycles. The van der Waals surface area contributed by atoms with Crippen LogP contribution in [0.3, 0.4) is 0 Å². The highest BCUT2D eigenvalue weighted by Gasteiger charge is 2.52. The molecule has 1 fully saturated rings. The van der Waals surface area contributed by atoms with Crippen molar-refractivity contribution in [2.24, 2.45) is 0 Å². The number of ether oxygens (including phenoxy) is 1. The second-order valence-corrected chi connectivity index (χ2v) is 7.29. The third-order valence-electron chi connectivity index (χ3n) is 4.39. The molecule has 2 atom stereocenters. The number of carboxylic acid groups (broad SMARTS) is 1. The molecule has 6 nitrogen and oxygen atoms in total. The van der Waals surface area contributed by atoms with Crippen LogP contribution in [0.1, 0.15) is 39.7 Å². The molecule has 2 N–H and O–H groups in total. The predicted octanol–water partition coefficient (Wildman–Crippen LogP) is 2.63. The molecule has 0 bridgehead atoms. The van der Waals surface area contributed by atoms with Gasteiger partial charge >= 0.3 is 12.1 Å². The minimum atomic E-state index is -1.34. The highest BCUT2D eigenvalue weighted by atomic mass is 16.6. The predicted molar refractivity (Wildman–Crippen MR) is 90.7 cm³/mol. The van der Waals surface area contributed by atoms with Crippen LogP contribution in [0.2, 0.25) is 0 Å². The van der Waals surface area contributed by atoms with Gasteiger partial charge in [-0.3, -0.25) is 4.90 Å². The zero-order valence-electron chi connectivity index (χ0n) is 14.7. The van der Waals surface area contributed by atoms with Crippen LogP contribution in [0.15, 0.2) is 30.3 Å². The van der Waals surface area contributed by atoms with E-state index in [1.807, 2.05) is 37.3 Å². The number of nitrogens with one attached hydrogen (secondary N) is 1. The maximum Gasteiger partial charge on any atom is 0.408 e. The lowest BCUT2D eigenvalue weighted by Gasteiger charge is -2.34. The fraction of sp³-hybridized carbons (Fsp3) is 0.556. The Hall–Kier alpha value is -2.08. The van der Waals surface area contributed by atoms with Crippen molar-refractivity contribution in [2.75, 3.05) is 6.54 Å². The van der Waals surface area contributed by atoms with E-state index < -0.39 is 23.2 Å². The Bertz CT molecular complexity index is 597. The third kappa shape index (κ3) is 4.06. The van der Waals surface area contributed by atoms with Crippen LogP contribution in [0.25, 0.3) is 0 Å². The number of nitrogens with zero attached hydrogens (tertiary/aromatic N) is 1. The molecule has 6 heteroatoms. The molecule has 1 saturated heterocycles. The lowest BCUT2D eigenvalue weighted by molar-refractivity contribution is -0.145. The number of carbonyl (C=O) groups is 2. The quantitative estimate of drug-likeness (QED) is 0.885. The summed E-state index contributed by atoms with van der Waals surface area (Å²) < 4.78 is 5.24. The highest BCUT2D eigenvalue weighted by molar-refractivity contribution is 5.85. The summed E-state index contributed by atoms with van der Waals surface area (Å²) in [6.45, 7) is 8.33. The molecular weight excluding hydrogens is 308 g/mol. The molecule has 0 aliphatic carbocycles. The SMILES string of the molecule is CC1N(Cc2ccccc2)CCC1(NC(=O)OC(C)(C)C)C(=O)O. The molecule has 1 heterocycles. The largest absolute Gasteiger partial charge is 0.479 e. The normalized spacial score (nSPS) is 24.6. The third-order valence-corrected chi connectivity index (χ3v) is 4.39. The molecule has 1 aromatic rings. The summed E-state index contributed by atoms with van der Waals surface area (Å²) in [5.41, 5.74) is -0.894. The molecule has 1 aliphatic rings. The molecule has 0 radical (unpaired) electrons. The maximum atomic E-state index is 12.1. The van der Waals surface area contributed by atoms with E-state index >= 15 is 0 Å². The Morgan fingerprint density at radius 3 is 2.50 bits per heavy atom. The zero-order valence-corrected chi connectivity index (χ0v) is 14.7. The summed E-state index contributed by atoms with van der Waals surface area (Å²) in [4.78, 5) is 26.1. The van der Waals surface area contributed by atoms with Crippen molar-refractivity contribution in [3.8, 4) is 0 Å². The van der Waals surface area contributed by atoms with E-state index in [2.05, 4.69) is 10.2 Å². The molecule has 1 amide bonds. The molecule has 0 spiro atoms. The van der Waals surface area contributed by atoms with Gasteiger partial charge in [0.1, 0.15) is 5.60 Å². The Morgan fingerprint density at radius 1 is 1.33 bits per heavy atom. The van der Waals surface area contributed by atoms with Crippen molar-refractivity contribution in [3.63, 3.8) is 0 Å². The van der Waals surface area contributed by atoms with E-state index in [4.69, 9.17) is 4.74 Å². The molecule has 0 saturated carbocycles. The number of hydrogen-bond acceptors (Lipinski definition) is 4. The first-order valence-corrected chi connectivity index (χ1v) is 8.16. The number of hydrogen-bond donors (Lipinski definition) is 2. The second-order valence-electron chi connectivity index (χ2n) is 7.29.